The van der Waals surface area contributed by atoms with Gasteiger partial charge in [0.05, 0.1) is 0 Å². The number of amides is 1. The van der Waals surface area contributed by atoms with Crippen LogP contribution in [0, 0.1) is 13.8 Å². The number of carbonyl (C=O) groups is 1. The van der Waals surface area contributed by atoms with Crippen LogP contribution in [0.25, 0.3) is 10.9 Å². The van der Waals surface area contributed by atoms with E-state index >= 15 is 0 Å². The summed E-state index contributed by atoms with van der Waals surface area (Å²) in [7, 11) is 0. The predicted molar refractivity (Wildman–Crippen MR) is 92.2 cm³/mol. The Morgan fingerprint density at radius 2 is 2.18 bits per heavy atom. The Bertz CT molecular complexity index is 866. The Labute approximate surface area is 137 Å². The van der Waals surface area contributed by atoms with Crippen molar-refractivity contribution in [1.82, 2.24) is 9.55 Å². The zero-order valence-electron chi connectivity index (χ0n) is 12.6. The van der Waals surface area contributed by atoms with E-state index in [0.29, 0.717) is 22.4 Å². The lowest BCUT2D eigenvalue weighted by Crippen LogP contribution is -2.17. The largest absolute Gasteiger partial charge is 0.337 e. The van der Waals surface area contributed by atoms with Crippen LogP contribution in [-0.2, 0) is 6.54 Å². The van der Waals surface area contributed by atoms with Crippen LogP contribution < -0.4 is 5.32 Å². The zero-order chi connectivity index (χ0) is 15.9. The van der Waals surface area contributed by atoms with Crippen molar-refractivity contribution in [2.24, 2.45) is 0 Å². The molecule has 0 aliphatic rings. The molecule has 0 bridgehead atoms. The number of thiazole rings is 1. The molecule has 0 fully saturated rings. The van der Waals surface area contributed by atoms with Crippen molar-refractivity contribution in [3.05, 3.63) is 45.6 Å². The normalized spacial score (nSPS) is 11.1. The van der Waals surface area contributed by atoms with Gasteiger partial charge in [0.2, 0.25) is 0 Å². The quantitative estimate of drug-likeness (QED) is 0.759. The van der Waals surface area contributed by atoms with E-state index in [-0.39, 0.29) is 5.91 Å². The Kier molecular flexibility index (Phi) is 3.93. The summed E-state index contributed by atoms with van der Waals surface area (Å²) >= 11 is 7.56. The number of fused-ring (bicyclic) bond motifs is 1. The highest BCUT2D eigenvalue weighted by atomic mass is 35.5. The highest BCUT2D eigenvalue weighted by molar-refractivity contribution is 7.15. The topological polar surface area (TPSA) is 46.9 Å². The van der Waals surface area contributed by atoms with Crippen molar-refractivity contribution in [3.8, 4) is 0 Å². The molecule has 2 heterocycles. The first-order valence-electron chi connectivity index (χ1n) is 7.03. The van der Waals surface area contributed by atoms with Gasteiger partial charge in [0, 0.05) is 33.5 Å². The molecule has 0 aliphatic carbocycles. The van der Waals surface area contributed by atoms with Crippen molar-refractivity contribution in [1.29, 1.82) is 0 Å². The second kappa shape index (κ2) is 5.74. The molecule has 0 saturated heterocycles. The number of anilines is 1. The van der Waals surface area contributed by atoms with Gasteiger partial charge in [-0.1, -0.05) is 11.6 Å². The van der Waals surface area contributed by atoms with Crippen LogP contribution >= 0.6 is 22.9 Å². The highest BCUT2D eigenvalue weighted by Gasteiger charge is 2.20. The second-order valence-corrected chi connectivity index (χ2v) is 6.78. The number of carbonyl (C=O) groups excluding carboxylic acids is 1. The fourth-order valence-corrected chi connectivity index (χ4v) is 3.52. The molecule has 1 amide bonds. The molecule has 3 aromatic rings. The smallest absolute Gasteiger partial charge is 0.274 e. The first kappa shape index (κ1) is 15.1. The molecule has 3 rings (SSSR count). The lowest BCUT2D eigenvalue weighted by molar-refractivity contribution is 0.101. The summed E-state index contributed by atoms with van der Waals surface area (Å²) in [4.78, 5) is 17.9. The van der Waals surface area contributed by atoms with Crippen molar-refractivity contribution < 1.29 is 4.79 Å². The fourth-order valence-electron chi connectivity index (χ4n) is 2.68. The minimum atomic E-state index is -0.138. The molecule has 1 N–H and O–H groups in total. The van der Waals surface area contributed by atoms with E-state index in [9.17, 15) is 4.79 Å². The standard InChI is InChI=1S/C16H16ClN3OS/c1-4-20-13-6-5-11(17)7-12(13)10(3)14(20)15(21)19-16-18-8-9(2)22-16/h5-8H,4H2,1-3H3,(H,18,19,21). The molecule has 114 valence electrons. The Morgan fingerprint density at radius 3 is 2.82 bits per heavy atom. The van der Waals surface area contributed by atoms with Gasteiger partial charge in [-0.2, -0.15) is 0 Å². The summed E-state index contributed by atoms with van der Waals surface area (Å²) < 4.78 is 2.01. The van der Waals surface area contributed by atoms with Crippen LogP contribution in [0.4, 0.5) is 5.13 Å². The minimum absolute atomic E-state index is 0.138. The van der Waals surface area contributed by atoms with Gasteiger partial charge < -0.3 is 4.57 Å². The van der Waals surface area contributed by atoms with Gasteiger partial charge in [-0.05, 0) is 44.5 Å². The van der Waals surface area contributed by atoms with Gasteiger partial charge in [-0.3, -0.25) is 10.1 Å². The number of aryl methyl sites for hydroxylation is 3. The lowest BCUT2D eigenvalue weighted by Gasteiger charge is -2.08. The summed E-state index contributed by atoms with van der Waals surface area (Å²) in [5.74, 6) is -0.138. The molecule has 0 radical (unpaired) electrons. The molecule has 0 saturated carbocycles. The Balaban J connectivity index is 2.09. The second-order valence-electron chi connectivity index (χ2n) is 5.11. The van der Waals surface area contributed by atoms with E-state index < -0.39 is 0 Å². The third kappa shape index (κ3) is 2.51. The molecule has 1 aromatic carbocycles. The van der Waals surface area contributed by atoms with Crippen molar-refractivity contribution in [2.45, 2.75) is 27.3 Å². The van der Waals surface area contributed by atoms with Gasteiger partial charge in [0.25, 0.3) is 5.91 Å². The van der Waals surface area contributed by atoms with Crippen LogP contribution in [-0.4, -0.2) is 15.5 Å². The van der Waals surface area contributed by atoms with E-state index in [4.69, 9.17) is 11.6 Å². The SMILES string of the molecule is CCn1c(C(=O)Nc2ncc(C)s2)c(C)c2cc(Cl)ccc21. The number of nitrogens with zero attached hydrogens (tertiary/aromatic N) is 2. The van der Waals surface area contributed by atoms with Crippen molar-refractivity contribution >= 4 is 44.9 Å². The van der Waals surface area contributed by atoms with Gasteiger partial charge in [-0.25, -0.2) is 4.98 Å². The van der Waals surface area contributed by atoms with E-state index in [1.54, 1.807) is 6.20 Å². The molecule has 22 heavy (non-hydrogen) atoms. The number of benzene rings is 1. The van der Waals surface area contributed by atoms with E-state index in [0.717, 1.165) is 21.3 Å². The molecule has 0 unspecified atom stereocenters. The molecule has 6 heteroatoms. The minimum Gasteiger partial charge on any atom is -0.337 e. The first-order chi connectivity index (χ1) is 10.5. The van der Waals surface area contributed by atoms with Crippen LogP contribution in [0.15, 0.2) is 24.4 Å². The summed E-state index contributed by atoms with van der Waals surface area (Å²) in [5.41, 5.74) is 2.61. The van der Waals surface area contributed by atoms with Gasteiger partial charge in [-0.15, -0.1) is 11.3 Å². The average molecular weight is 334 g/mol. The molecule has 4 nitrogen and oxygen atoms in total. The summed E-state index contributed by atoms with van der Waals surface area (Å²) in [5, 5.41) is 5.18. The van der Waals surface area contributed by atoms with Crippen LogP contribution in [0.3, 0.4) is 0 Å². The maximum atomic E-state index is 12.7. The Morgan fingerprint density at radius 1 is 1.41 bits per heavy atom. The first-order valence-corrected chi connectivity index (χ1v) is 8.22. The lowest BCUT2D eigenvalue weighted by atomic mass is 10.1. The van der Waals surface area contributed by atoms with E-state index in [1.165, 1.54) is 11.3 Å². The summed E-state index contributed by atoms with van der Waals surface area (Å²) in [6.45, 7) is 6.65. The van der Waals surface area contributed by atoms with Crippen LogP contribution in [0.2, 0.25) is 5.02 Å². The number of rotatable bonds is 3. The zero-order valence-corrected chi connectivity index (χ0v) is 14.2. The molecular formula is C16H16ClN3OS. The predicted octanol–water partition coefficient (Wildman–Crippen LogP) is 4.64. The highest BCUT2D eigenvalue weighted by Crippen LogP contribution is 2.29. The van der Waals surface area contributed by atoms with Crippen LogP contribution in [0.5, 0.6) is 0 Å². The van der Waals surface area contributed by atoms with E-state index in [1.807, 2.05) is 43.5 Å². The molecule has 0 atom stereocenters. The maximum Gasteiger partial charge on any atom is 0.274 e. The van der Waals surface area contributed by atoms with Crippen molar-refractivity contribution in [2.75, 3.05) is 5.32 Å². The number of aromatic nitrogens is 2. The third-order valence-corrected chi connectivity index (χ3v) is 4.71. The van der Waals surface area contributed by atoms with Crippen molar-refractivity contribution in [3.63, 3.8) is 0 Å². The molecule has 0 aliphatic heterocycles. The van der Waals surface area contributed by atoms with E-state index in [2.05, 4.69) is 10.3 Å². The number of hydrogen-bond acceptors (Lipinski definition) is 3. The van der Waals surface area contributed by atoms with Gasteiger partial charge in [0.1, 0.15) is 5.69 Å². The maximum absolute atomic E-state index is 12.7. The van der Waals surface area contributed by atoms with Gasteiger partial charge >= 0.3 is 0 Å². The average Bonchev–Trinajstić information content (AvgIpc) is 3.00. The molecular weight excluding hydrogens is 318 g/mol. The monoisotopic (exact) mass is 333 g/mol. The van der Waals surface area contributed by atoms with Crippen LogP contribution in [0.1, 0.15) is 27.9 Å². The number of hydrogen-bond donors (Lipinski definition) is 1. The van der Waals surface area contributed by atoms with Gasteiger partial charge in [0.15, 0.2) is 5.13 Å². The number of nitrogens with one attached hydrogen (secondary N) is 1. The third-order valence-electron chi connectivity index (χ3n) is 3.65. The fraction of sp³-hybridized carbons (Fsp3) is 0.250. The summed E-state index contributed by atoms with van der Waals surface area (Å²) in [6.07, 6.45) is 1.75. The molecule has 0 spiro atoms. The number of halogens is 1. The molecule has 2 aromatic heterocycles. The summed E-state index contributed by atoms with van der Waals surface area (Å²) in [6, 6.07) is 5.71. The Hall–Kier alpha value is -1.85.